The Labute approximate surface area is 94.0 Å². The van der Waals surface area contributed by atoms with E-state index >= 15 is 0 Å². The van der Waals surface area contributed by atoms with Gasteiger partial charge in [-0.05, 0) is 11.1 Å². The van der Waals surface area contributed by atoms with E-state index in [4.69, 9.17) is 16.2 Å². The average molecular weight is 250 g/mol. The van der Waals surface area contributed by atoms with Crippen LogP contribution in [-0.2, 0) is 22.5 Å². The normalized spacial score (nSPS) is 11.6. The van der Waals surface area contributed by atoms with Crippen LogP contribution in [0.1, 0.15) is 11.1 Å². The Kier molecular flexibility index (Phi) is 4.53. The van der Waals surface area contributed by atoms with Gasteiger partial charge in [0.25, 0.3) is 10.1 Å². The molecule has 84 valence electrons. The molecule has 0 aliphatic heterocycles. The summed E-state index contributed by atoms with van der Waals surface area (Å²) in [4.78, 5) is 0. The second kappa shape index (κ2) is 5.46. The summed E-state index contributed by atoms with van der Waals surface area (Å²) in [5.74, 6) is -0.0760. The first-order valence-electron chi connectivity index (χ1n) is 4.31. The maximum atomic E-state index is 10.4. The molecule has 0 amide bonds. The van der Waals surface area contributed by atoms with Gasteiger partial charge in [0.1, 0.15) is 5.88 Å². The predicted molar refractivity (Wildman–Crippen MR) is 59.3 cm³/mol. The summed E-state index contributed by atoms with van der Waals surface area (Å²) in [5.41, 5.74) is 1.87. The van der Waals surface area contributed by atoms with Gasteiger partial charge in [0, 0.05) is 12.4 Å². The topological polar surface area (TPSA) is 66.4 Å². The van der Waals surface area contributed by atoms with Crippen molar-refractivity contribution in [2.75, 3.05) is 5.88 Å². The molecule has 0 fully saturated rings. The van der Waals surface area contributed by atoms with Crippen molar-refractivity contribution >= 4 is 21.7 Å². The molecule has 1 aromatic carbocycles. The minimum absolute atomic E-state index is 0.364. The fourth-order valence-electron chi connectivity index (χ4n) is 1.17. The van der Waals surface area contributed by atoms with Gasteiger partial charge >= 0.3 is 0 Å². The van der Waals surface area contributed by atoms with E-state index in [9.17, 15) is 8.42 Å². The van der Waals surface area contributed by atoms with Crippen molar-refractivity contribution in [3.63, 3.8) is 0 Å². The molecule has 0 saturated heterocycles. The van der Waals surface area contributed by atoms with Crippen molar-refractivity contribution in [3.05, 3.63) is 35.4 Å². The van der Waals surface area contributed by atoms with Gasteiger partial charge < -0.3 is 0 Å². The van der Waals surface area contributed by atoms with Crippen LogP contribution in [0.25, 0.3) is 0 Å². The molecule has 0 aliphatic rings. The molecule has 1 rings (SSSR count). The fraction of sp³-hybridized carbons (Fsp3) is 0.333. The first kappa shape index (κ1) is 12.4. The molecule has 2 N–H and O–H groups in total. The molecule has 0 spiro atoms. The van der Waals surface area contributed by atoms with E-state index in [-0.39, 0.29) is 0 Å². The van der Waals surface area contributed by atoms with E-state index in [1.54, 1.807) is 0 Å². The van der Waals surface area contributed by atoms with Gasteiger partial charge in [0.15, 0.2) is 0 Å². The van der Waals surface area contributed by atoms with Gasteiger partial charge in [-0.3, -0.25) is 9.87 Å². The third kappa shape index (κ3) is 4.61. The zero-order valence-electron chi connectivity index (χ0n) is 7.98. The lowest BCUT2D eigenvalue weighted by Crippen LogP contribution is -2.22. The maximum absolute atomic E-state index is 10.4. The van der Waals surface area contributed by atoms with Crippen LogP contribution in [0.4, 0.5) is 0 Å². The molecule has 0 saturated carbocycles. The molecule has 4 nitrogen and oxygen atoms in total. The third-order valence-electron chi connectivity index (χ3n) is 1.86. The Morgan fingerprint density at radius 1 is 1.27 bits per heavy atom. The molecule has 0 aromatic heterocycles. The van der Waals surface area contributed by atoms with Crippen LogP contribution >= 0.6 is 11.6 Å². The summed E-state index contributed by atoms with van der Waals surface area (Å²) in [6.45, 7) is 0.364. The number of nitrogens with one attached hydrogen (secondary N) is 1. The monoisotopic (exact) mass is 249 g/mol. The summed E-state index contributed by atoms with van der Waals surface area (Å²) >= 11 is 5.71. The minimum atomic E-state index is -3.96. The van der Waals surface area contributed by atoms with Crippen LogP contribution in [-0.4, -0.2) is 18.8 Å². The van der Waals surface area contributed by atoms with Gasteiger partial charge in [0.05, 0.1) is 0 Å². The van der Waals surface area contributed by atoms with Crippen LogP contribution < -0.4 is 5.32 Å². The molecule has 0 bridgehead atoms. The molecule has 1 aromatic rings. The average Bonchev–Trinajstić information content (AvgIpc) is 2.16. The summed E-state index contributed by atoms with van der Waals surface area (Å²) in [6.07, 6.45) is 0. The lowest BCUT2D eigenvalue weighted by molar-refractivity contribution is 0.476. The van der Waals surface area contributed by atoms with Gasteiger partial charge in [-0.25, -0.2) is 0 Å². The van der Waals surface area contributed by atoms with Gasteiger partial charge in [0.2, 0.25) is 0 Å². The highest BCUT2D eigenvalue weighted by molar-refractivity contribution is 7.85. The summed E-state index contributed by atoms with van der Waals surface area (Å²) < 4.78 is 29.4. The molecular weight excluding hydrogens is 238 g/mol. The second-order valence-corrected chi connectivity index (χ2v) is 4.78. The van der Waals surface area contributed by atoms with Crippen LogP contribution in [0.15, 0.2) is 24.3 Å². The number of benzene rings is 1. The Morgan fingerprint density at radius 2 is 1.87 bits per heavy atom. The van der Waals surface area contributed by atoms with E-state index in [2.05, 4.69) is 5.32 Å². The van der Waals surface area contributed by atoms with E-state index in [0.717, 1.165) is 11.1 Å². The van der Waals surface area contributed by atoms with E-state index in [1.165, 1.54) is 0 Å². The minimum Gasteiger partial charge on any atom is -0.298 e. The quantitative estimate of drug-likeness (QED) is 0.611. The third-order valence-corrected chi connectivity index (χ3v) is 2.72. The van der Waals surface area contributed by atoms with Crippen molar-refractivity contribution < 1.29 is 13.0 Å². The van der Waals surface area contributed by atoms with Crippen LogP contribution in [0, 0.1) is 0 Å². The van der Waals surface area contributed by atoms with Crippen molar-refractivity contribution in [2.24, 2.45) is 0 Å². The highest BCUT2D eigenvalue weighted by Crippen LogP contribution is 2.10. The fourth-order valence-corrected chi connectivity index (χ4v) is 1.80. The standard InChI is InChI=1S/C9H12ClNO3S/c10-5-8-3-1-2-4-9(8)6-11-7-15(12,13)14/h1-4,11H,5-7H2,(H,12,13,14). The van der Waals surface area contributed by atoms with E-state index < -0.39 is 16.0 Å². The van der Waals surface area contributed by atoms with Crippen LogP contribution in [0.5, 0.6) is 0 Å². The van der Waals surface area contributed by atoms with Crippen molar-refractivity contribution in [2.45, 2.75) is 12.4 Å². The lowest BCUT2D eigenvalue weighted by Gasteiger charge is -2.07. The first-order chi connectivity index (χ1) is 7.03. The van der Waals surface area contributed by atoms with E-state index in [1.807, 2.05) is 24.3 Å². The molecule has 0 aliphatic carbocycles. The van der Waals surface area contributed by atoms with Crippen molar-refractivity contribution in [1.82, 2.24) is 5.32 Å². The lowest BCUT2D eigenvalue weighted by atomic mass is 10.1. The molecule has 0 heterocycles. The molecule has 0 unspecified atom stereocenters. The zero-order valence-corrected chi connectivity index (χ0v) is 9.55. The number of hydrogen-bond donors (Lipinski definition) is 2. The summed E-state index contributed by atoms with van der Waals surface area (Å²) in [5, 5.41) is 2.62. The summed E-state index contributed by atoms with van der Waals surface area (Å²) in [6, 6.07) is 7.44. The Hall–Kier alpha value is -0.620. The SMILES string of the molecule is O=S(=O)(O)CNCc1ccccc1CCl. The number of rotatable bonds is 5. The number of alkyl halides is 1. The Balaban J connectivity index is 2.58. The van der Waals surface area contributed by atoms with Crippen LogP contribution in [0.3, 0.4) is 0 Å². The maximum Gasteiger partial charge on any atom is 0.278 e. The van der Waals surface area contributed by atoms with E-state index in [0.29, 0.717) is 12.4 Å². The molecular formula is C9H12ClNO3S. The molecule has 0 atom stereocenters. The zero-order chi connectivity index (χ0) is 11.3. The number of hydrogen-bond acceptors (Lipinski definition) is 3. The predicted octanol–water partition coefficient (Wildman–Crippen LogP) is 1.36. The van der Waals surface area contributed by atoms with Gasteiger partial charge in [-0.15, -0.1) is 11.6 Å². The highest BCUT2D eigenvalue weighted by Gasteiger charge is 2.04. The largest absolute Gasteiger partial charge is 0.298 e. The highest BCUT2D eigenvalue weighted by atomic mass is 35.5. The second-order valence-electron chi connectivity index (χ2n) is 3.06. The summed E-state index contributed by atoms with van der Waals surface area (Å²) in [7, 11) is -3.96. The first-order valence-corrected chi connectivity index (χ1v) is 6.46. The van der Waals surface area contributed by atoms with Crippen LogP contribution in [0.2, 0.25) is 0 Å². The molecule has 15 heavy (non-hydrogen) atoms. The molecule has 6 heteroatoms. The smallest absolute Gasteiger partial charge is 0.278 e. The molecule has 0 radical (unpaired) electrons. The van der Waals surface area contributed by atoms with Crippen molar-refractivity contribution in [3.8, 4) is 0 Å². The Bertz CT molecular complexity index is 419. The van der Waals surface area contributed by atoms with Gasteiger partial charge in [-0.2, -0.15) is 8.42 Å². The van der Waals surface area contributed by atoms with Crippen molar-refractivity contribution in [1.29, 1.82) is 0 Å². The van der Waals surface area contributed by atoms with Gasteiger partial charge in [-0.1, -0.05) is 24.3 Å². The Morgan fingerprint density at radius 3 is 2.40 bits per heavy atom. The number of halogens is 1.